The minimum absolute atomic E-state index is 0.729. The van der Waals surface area contributed by atoms with Gasteiger partial charge in [0, 0.05) is 6.04 Å². The predicted molar refractivity (Wildman–Crippen MR) is 59.9 cm³/mol. The standard InChI is InChI=1S/C10H23NS/c1-5-9(2)8-10(11-3)6-7-12-4/h9-11H,5-8H2,1-4H3. The summed E-state index contributed by atoms with van der Waals surface area (Å²) in [7, 11) is 2.08. The van der Waals surface area contributed by atoms with Crippen LogP contribution in [0.2, 0.25) is 0 Å². The van der Waals surface area contributed by atoms with Crippen molar-refractivity contribution in [2.75, 3.05) is 19.1 Å². The summed E-state index contributed by atoms with van der Waals surface area (Å²) in [6.45, 7) is 4.61. The Hall–Kier alpha value is 0.310. The fourth-order valence-electron chi connectivity index (χ4n) is 1.29. The monoisotopic (exact) mass is 189 g/mol. The van der Waals surface area contributed by atoms with E-state index < -0.39 is 0 Å². The quantitative estimate of drug-likeness (QED) is 0.661. The van der Waals surface area contributed by atoms with Crippen LogP contribution >= 0.6 is 11.8 Å². The van der Waals surface area contributed by atoms with Crippen molar-refractivity contribution >= 4 is 11.8 Å². The Morgan fingerprint density at radius 2 is 2.08 bits per heavy atom. The van der Waals surface area contributed by atoms with E-state index in [-0.39, 0.29) is 0 Å². The Morgan fingerprint density at radius 1 is 1.42 bits per heavy atom. The van der Waals surface area contributed by atoms with Gasteiger partial charge >= 0.3 is 0 Å². The average Bonchev–Trinajstić information content (AvgIpc) is 2.11. The third kappa shape index (κ3) is 5.90. The van der Waals surface area contributed by atoms with Gasteiger partial charge < -0.3 is 5.32 Å². The summed E-state index contributed by atoms with van der Waals surface area (Å²) >= 11 is 1.94. The van der Waals surface area contributed by atoms with E-state index in [0.29, 0.717) is 0 Å². The smallest absolute Gasteiger partial charge is 0.00744 e. The van der Waals surface area contributed by atoms with Crippen molar-refractivity contribution in [1.29, 1.82) is 0 Å². The number of hydrogen-bond acceptors (Lipinski definition) is 2. The molecule has 0 saturated heterocycles. The maximum atomic E-state index is 3.39. The zero-order chi connectivity index (χ0) is 9.40. The van der Waals surface area contributed by atoms with Gasteiger partial charge in [-0.05, 0) is 37.8 Å². The molecule has 0 aliphatic carbocycles. The van der Waals surface area contributed by atoms with E-state index in [1.54, 1.807) is 0 Å². The average molecular weight is 189 g/mol. The second kappa shape index (κ2) is 7.93. The molecule has 0 radical (unpaired) electrons. The molecule has 0 heterocycles. The first-order valence-electron chi connectivity index (χ1n) is 4.90. The molecule has 0 aliphatic heterocycles. The van der Waals surface area contributed by atoms with Crippen LogP contribution in [0.1, 0.15) is 33.1 Å². The van der Waals surface area contributed by atoms with Crippen LogP contribution in [0.5, 0.6) is 0 Å². The molecule has 12 heavy (non-hydrogen) atoms. The third-order valence-electron chi connectivity index (χ3n) is 2.46. The van der Waals surface area contributed by atoms with Gasteiger partial charge in [-0.15, -0.1) is 0 Å². The van der Waals surface area contributed by atoms with Crippen molar-refractivity contribution < 1.29 is 0 Å². The normalized spacial score (nSPS) is 16.0. The molecule has 0 fully saturated rings. The van der Waals surface area contributed by atoms with Crippen LogP contribution in [0, 0.1) is 5.92 Å². The Labute approximate surface area is 81.7 Å². The van der Waals surface area contributed by atoms with Crippen LogP contribution in [-0.4, -0.2) is 25.1 Å². The molecular weight excluding hydrogens is 166 g/mol. The number of hydrogen-bond donors (Lipinski definition) is 1. The van der Waals surface area contributed by atoms with E-state index in [0.717, 1.165) is 12.0 Å². The molecule has 0 aliphatic rings. The fraction of sp³-hybridized carbons (Fsp3) is 1.00. The zero-order valence-electron chi connectivity index (χ0n) is 8.89. The molecule has 0 rings (SSSR count). The van der Waals surface area contributed by atoms with Gasteiger partial charge in [-0.2, -0.15) is 11.8 Å². The molecule has 1 N–H and O–H groups in total. The summed E-state index contributed by atoms with van der Waals surface area (Å²) < 4.78 is 0. The maximum Gasteiger partial charge on any atom is 0.00744 e. The summed E-state index contributed by atoms with van der Waals surface area (Å²) in [5.41, 5.74) is 0. The summed E-state index contributed by atoms with van der Waals surface area (Å²) in [5, 5.41) is 3.39. The predicted octanol–water partition coefficient (Wildman–Crippen LogP) is 2.76. The number of rotatable bonds is 7. The van der Waals surface area contributed by atoms with Crippen LogP contribution < -0.4 is 5.32 Å². The van der Waals surface area contributed by atoms with Crippen LogP contribution in [0.3, 0.4) is 0 Å². The van der Waals surface area contributed by atoms with E-state index in [1.165, 1.54) is 25.0 Å². The first-order valence-corrected chi connectivity index (χ1v) is 6.30. The molecule has 1 nitrogen and oxygen atoms in total. The van der Waals surface area contributed by atoms with Gasteiger partial charge in [-0.3, -0.25) is 0 Å². The lowest BCUT2D eigenvalue weighted by Gasteiger charge is -2.19. The van der Waals surface area contributed by atoms with Crippen molar-refractivity contribution in [3.8, 4) is 0 Å². The largest absolute Gasteiger partial charge is 0.317 e. The zero-order valence-corrected chi connectivity index (χ0v) is 9.71. The first-order chi connectivity index (χ1) is 5.74. The van der Waals surface area contributed by atoms with Gasteiger partial charge in [-0.25, -0.2) is 0 Å². The molecule has 74 valence electrons. The molecule has 2 heteroatoms. The SMILES string of the molecule is CCC(C)CC(CCSC)NC. The topological polar surface area (TPSA) is 12.0 Å². The number of nitrogens with one attached hydrogen (secondary N) is 1. The van der Waals surface area contributed by atoms with Crippen molar-refractivity contribution in [1.82, 2.24) is 5.32 Å². The molecular formula is C10H23NS. The van der Waals surface area contributed by atoms with Crippen LogP contribution in [-0.2, 0) is 0 Å². The highest BCUT2D eigenvalue weighted by molar-refractivity contribution is 7.98. The van der Waals surface area contributed by atoms with Crippen molar-refractivity contribution in [3.05, 3.63) is 0 Å². The molecule has 0 aromatic carbocycles. The first kappa shape index (κ1) is 12.3. The van der Waals surface area contributed by atoms with E-state index in [2.05, 4.69) is 32.5 Å². The maximum absolute atomic E-state index is 3.39. The minimum atomic E-state index is 0.729. The second-order valence-corrected chi connectivity index (χ2v) is 4.50. The van der Waals surface area contributed by atoms with E-state index in [4.69, 9.17) is 0 Å². The summed E-state index contributed by atoms with van der Waals surface area (Å²) in [6, 6.07) is 0.729. The Kier molecular flexibility index (Phi) is 8.14. The lowest BCUT2D eigenvalue weighted by atomic mass is 9.98. The molecule has 0 aromatic heterocycles. The molecule has 0 bridgehead atoms. The van der Waals surface area contributed by atoms with Crippen LogP contribution in [0.15, 0.2) is 0 Å². The molecule has 0 spiro atoms. The van der Waals surface area contributed by atoms with Gasteiger partial charge in [0.15, 0.2) is 0 Å². The molecule has 0 saturated carbocycles. The minimum Gasteiger partial charge on any atom is -0.317 e. The molecule has 0 amide bonds. The van der Waals surface area contributed by atoms with Gasteiger partial charge in [0.2, 0.25) is 0 Å². The molecule has 0 aromatic rings. The third-order valence-corrected chi connectivity index (χ3v) is 3.11. The summed E-state index contributed by atoms with van der Waals surface area (Å²) in [4.78, 5) is 0. The Balaban J connectivity index is 3.51. The Bertz CT molecular complexity index is 95.8. The van der Waals surface area contributed by atoms with Gasteiger partial charge in [0.05, 0.1) is 0 Å². The van der Waals surface area contributed by atoms with Gasteiger partial charge in [-0.1, -0.05) is 20.3 Å². The van der Waals surface area contributed by atoms with Crippen molar-refractivity contribution in [2.45, 2.75) is 39.2 Å². The van der Waals surface area contributed by atoms with E-state index in [9.17, 15) is 0 Å². The van der Waals surface area contributed by atoms with Crippen LogP contribution in [0.25, 0.3) is 0 Å². The fourth-order valence-corrected chi connectivity index (χ4v) is 1.81. The second-order valence-electron chi connectivity index (χ2n) is 3.52. The van der Waals surface area contributed by atoms with E-state index >= 15 is 0 Å². The van der Waals surface area contributed by atoms with Gasteiger partial charge in [0.25, 0.3) is 0 Å². The lowest BCUT2D eigenvalue weighted by molar-refractivity contribution is 0.406. The van der Waals surface area contributed by atoms with Gasteiger partial charge in [0.1, 0.15) is 0 Å². The highest BCUT2D eigenvalue weighted by Gasteiger charge is 2.08. The van der Waals surface area contributed by atoms with Crippen molar-refractivity contribution in [3.63, 3.8) is 0 Å². The van der Waals surface area contributed by atoms with E-state index in [1.807, 2.05) is 11.8 Å². The highest BCUT2D eigenvalue weighted by atomic mass is 32.2. The summed E-state index contributed by atoms with van der Waals surface area (Å²) in [6.07, 6.45) is 6.11. The lowest BCUT2D eigenvalue weighted by Crippen LogP contribution is -2.27. The highest BCUT2D eigenvalue weighted by Crippen LogP contribution is 2.13. The molecule has 2 unspecified atom stereocenters. The van der Waals surface area contributed by atoms with Crippen LogP contribution in [0.4, 0.5) is 0 Å². The van der Waals surface area contributed by atoms with Crippen molar-refractivity contribution in [2.24, 2.45) is 5.92 Å². The number of thioether (sulfide) groups is 1. The molecule has 2 atom stereocenters. The summed E-state index contributed by atoms with van der Waals surface area (Å²) in [5.74, 6) is 2.14. The Morgan fingerprint density at radius 3 is 2.50 bits per heavy atom.